The second-order valence-electron chi connectivity index (χ2n) is 2.85. The Morgan fingerprint density at radius 3 is 2.86 bits per heavy atom. The summed E-state index contributed by atoms with van der Waals surface area (Å²) in [5.74, 6) is 0.634. The molecule has 1 aromatic carbocycles. The molecule has 3 nitrogen and oxygen atoms in total. The van der Waals surface area contributed by atoms with E-state index in [2.05, 4.69) is 12.2 Å². The minimum Gasteiger partial charge on any atom is -0.495 e. The smallest absolute Gasteiger partial charge is 0.224 e. The fourth-order valence-corrected chi connectivity index (χ4v) is 1.12. The highest BCUT2D eigenvalue weighted by Gasteiger charge is 2.04. The number of ether oxygens (including phenoxy) is 1. The highest BCUT2D eigenvalue weighted by molar-refractivity contribution is 5.92. The third-order valence-corrected chi connectivity index (χ3v) is 1.78. The van der Waals surface area contributed by atoms with E-state index < -0.39 is 0 Å². The van der Waals surface area contributed by atoms with Crippen molar-refractivity contribution in [2.45, 2.75) is 12.8 Å². The summed E-state index contributed by atoms with van der Waals surface area (Å²) in [5.41, 5.74) is 0.702. The van der Waals surface area contributed by atoms with Gasteiger partial charge in [-0.3, -0.25) is 4.79 Å². The molecular weight excluding hydrogens is 178 g/mol. The van der Waals surface area contributed by atoms with Crippen LogP contribution in [-0.4, -0.2) is 13.0 Å². The van der Waals surface area contributed by atoms with Crippen LogP contribution in [0, 0.1) is 6.92 Å². The standard InChI is InChI=1S/C11H14NO2/c1-3-6-11(13)12-9-7-4-5-8-10(9)14-2/h4-5,7-8H,1,3,6H2,2H3,(H,12,13). The maximum atomic E-state index is 11.3. The molecule has 0 aliphatic heterocycles. The Hall–Kier alpha value is -1.51. The lowest BCUT2D eigenvalue weighted by atomic mass is 10.2. The van der Waals surface area contributed by atoms with E-state index in [1.54, 1.807) is 19.2 Å². The van der Waals surface area contributed by atoms with Crippen LogP contribution in [0.2, 0.25) is 0 Å². The highest BCUT2D eigenvalue weighted by atomic mass is 16.5. The lowest BCUT2D eigenvalue weighted by molar-refractivity contribution is -0.116. The van der Waals surface area contributed by atoms with Crippen LogP contribution in [-0.2, 0) is 4.79 Å². The molecule has 0 aromatic heterocycles. The van der Waals surface area contributed by atoms with E-state index in [1.165, 1.54) is 0 Å². The van der Waals surface area contributed by atoms with Crippen LogP contribution in [0.15, 0.2) is 24.3 Å². The van der Waals surface area contributed by atoms with Gasteiger partial charge < -0.3 is 10.1 Å². The molecule has 0 aliphatic carbocycles. The molecule has 0 bridgehead atoms. The van der Waals surface area contributed by atoms with Gasteiger partial charge in [0.15, 0.2) is 0 Å². The topological polar surface area (TPSA) is 38.3 Å². The highest BCUT2D eigenvalue weighted by Crippen LogP contribution is 2.22. The molecule has 14 heavy (non-hydrogen) atoms. The predicted molar refractivity (Wildman–Crippen MR) is 56.2 cm³/mol. The minimum atomic E-state index is -0.0375. The molecule has 1 rings (SSSR count). The number of rotatable bonds is 4. The molecule has 0 aliphatic rings. The van der Waals surface area contributed by atoms with Crippen molar-refractivity contribution in [3.8, 4) is 5.75 Å². The molecule has 0 heterocycles. The monoisotopic (exact) mass is 192 g/mol. The predicted octanol–water partition coefficient (Wildman–Crippen LogP) is 2.25. The third-order valence-electron chi connectivity index (χ3n) is 1.78. The van der Waals surface area contributed by atoms with Crippen LogP contribution in [0.5, 0.6) is 5.75 Å². The number of hydrogen-bond donors (Lipinski definition) is 1. The van der Waals surface area contributed by atoms with Crippen molar-refractivity contribution in [2.75, 3.05) is 12.4 Å². The average molecular weight is 192 g/mol. The summed E-state index contributed by atoms with van der Waals surface area (Å²) in [5, 5.41) is 2.76. The first-order valence-corrected chi connectivity index (χ1v) is 4.50. The normalized spacial score (nSPS) is 9.57. The van der Waals surface area contributed by atoms with Crippen molar-refractivity contribution in [2.24, 2.45) is 0 Å². The van der Waals surface area contributed by atoms with Crippen LogP contribution >= 0.6 is 0 Å². The maximum absolute atomic E-state index is 11.3. The van der Waals surface area contributed by atoms with Gasteiger partial charge in [0.05, 0.1) is 12.8 Å². The van der Waals surface area contributed by atoms with Gasteiger partial charge >= 0.3 is 0 Å². The quantitative estimate of drug-likeness (QED) is 0.794. The Labute approximate surface area is 84.1 Å². The van der Waals surface area contributed by atoms with E-state index in [4.69, 9.17) is 4.74 Å². The van der Waals surface area contributed by atoms with E-state index in [-0.39, 0.29) is 5.91 Å². The Kier molecular flexibility index (Phi) is 3.98. The van der Waals surface area contributed by atoms with Gasteiger partial charge in [-0.15, -0.1) is 0 Å². The zero-order valence-corrected chi connectivity index (χ0v) is 8.25. The number of carbonyl (C=O) groups is 1. The van der Waals surface area contributed by atoms with Crippen molar-refractivity contribution >= 4 is 11.6 Å². The van der Waals surface area contributed by atoms with Crippen LogP contribution in [0.4, 0.5) is 5.69 Å². The van der Waals surface area contributed by atoms with Gasteiger partial charge in [-0.1, -0.05) is 19.1 Å². The molecule has 1 N–H and O–H groups in total. The van der Waals surface area contributed by atoms with Crippen LogP contribution in [0.3, 0.4) is 0 Å². The van der Waals surface area contributed by atoms with Gasteiger partial charge in [-0.05, 0) is 18.6 Å². The van der Waals surface area contributed by atoms with E-state index >= 15 is 0 Å². The SMILES string of the molecule is [CH2]CCC(=O)Nc1ccccc1OC. The van der Waals surface area contributed by atoms with Gasteiger partial charge in [0.1, 0.15) is 5.75 Å². The number of nitrogens with one attached hydrogen (secondary N) is 1. The summed E-state index contributed by atoms with van der Waals surface area (Å²) in [6.45, 7) is 3.62. The minimum absolute atomic E-state index is 0.0375. The number of anilines is 1. The molecule has 0 spiro atoms. The second kappa shape index (κ2) is 5.27. The van der Waals surface area contributed by atoms with E-state index in [0.29, 0.717) is 24.3 Å². The molecule has 75 valence electrons. The summed E-state index contributed by atoms with van der Waals surface area (Å²) in [4.78, 5) is 11.3. The molecule has 0 fully saturated rings. The van der Waals surface area contributed by atoms with Gasteiger partial charge in [-0.25, -0.2) is 0 Å². The molecule has 1 radical (unpaired) electrons. The third kappa shape index (κ3) is 2.76. The Morgan fingerprint density at radius 1 is 1.50 bits per heavy atom. The van der Waals surface area contributed by atoms with Gasteiger partial charge in [0.25, 0.3) is 0 Å². The fourth-order valence-electron chi connectivity index (χ4n) is 1.12. The molecule has 0 saturated carbocycles. The van der Waals surface area contributed by atoms with Crippen molar-refractivity contribution in [3.63, 3.8) is 0 Å². The van der Waals surface area contributed by atoms with E-state index in [9.17, 15) is 4.79 Å². The number of benzene rings is 1. The van der Waals surface area contributed by atoms with Crippen molar-refractivity contribution in [1.29, 1.82) is 0 Å². The summed E-state index contributed by atoms with van der Waals surface area (Å²) in [6, 6.07) is 7.32. The van der Waals surface area contributed by atoms with Gasteiger partial charge in [-0.2, -0.15) is 0 Å². The van der Waals surface area contributed by atoms with E-state index in [1.807, 2.05) is 12.1 Å². The maximum Gasteiger partial charge on any atom is 0.224 e. The molecule has 1 aromatic rings. The number of methoxy groups -OCH3 is 1. The Bertz CT molecular complexity index is 310. The van der Waals surface area contributed by atoms with Crippen LogP contribution < -0.4 is 10.1 Å². The first-order chi connectivity index (χ1) is 6.77. The molecule has 0 unspecified atom stereocenters. The molecule has 0 atom stereocenters. The summed E-state index contributed by atoms with van der Waals surface area (Å²) in [7, 11) is 1.58. The molecular formula is C11H14NO2. The zero-order chi connectivity index (χ0) is 10.4. The number of amides is 1. The lowest BCUT2D eigenvalue weighted by Gasteiger charge is -2.08. The zero-order valence-electron chi connectivity index (χ0n) is 8.25. The Balaban J connectivity index is 2.70. The van der Waals surface area contributed by atoms with Crippen LogP contribution in [0.25, 0.3) is 0 Å². The average Bonchev–Trinajstić information content (AvgIpc) is 2.19. The Morgan fingerprint density at radius 2 is 2.21 bits per heavy atom. The van der Waals surface area contributed by atoms with Crippen molar-refractivity contribution < 1.29 is 9.53 Å². The number of carbonyl (C=O) groups excluding carboxylic acids is 1. The summed E-state index contributed by atoms with van der Waals surface area (Å²) in [6.07, 6.45) is 1.03. The van der Waals surface area contributed by atoms with E-state index in [0.717, 1.165) is 0 Å². The van der Waals surface area contributed by atoms with Crippen LogP contribution in [0.1, 0.15) is 12.8 Å². The summed E-state index contributed by atoms with van der Waals surface area (Å²) >= 11 is 0. The molecule has 0 saturated heterocycles. The lowest BCUT2D eigenvalue weighted by Crippen LogP contribution is -2.11. The van der Waals surface area contributed by atoms with Crippen molar-refractivity contribution in [1.82, 2.24) is 0 Å². The van der Waals surface area contributed by atoms with Crippen molar-refractivity contribution in [3.05, 3.63) is 31.2 Å². The summed E-state index contributed by atoms with van der Waals surface area (Å²) < 4.78 is 5.09. The number of para-hydroxylation sites is 2. The largest absolute Gasteiger partial charge is 0.495 e. The second-order valence-corrected chi connectivity index (χ2v) is 2.85. The molecule has 3 heteroatoms. The molecule has 1 amide bonds. The first kappa shape index (κ1) is 10.6. The fraction of sp³-hybridized carbons (Fsp3) is 0.273. The first-order valence-electron chi connectivity index (χ1n) is 4.50. The van der Waals surface area contributed by atoms with Gasteiger partial charge in [0, 0.05) is 6.42 Å². The number of hydrogen-bond acceptors (Lipinski definition) is 2. The van der Waals surface area contributed by atoms with Gasteiger partial charge in [0.2, 0.25) is 5.91 Å².